The summed E-state index contributed by atoms with van der Waals surface area (Å²) in [5.74, 6) is -0.200. The fourth-order valence-electron chi connectivity index (χ4n) is 2.75. The van der Waals surface area contributed by atoms with Crippen molar-refractivity contribution in [1.29, 1.82) is 0 Å². The number of pyridine rings is 1. The molecule has 0 radical (unpaired) electrons. The summed E-state index contributed by atoms with van der Waals surface area (Å²) < 4.78 is 14.8. The van der Waals surface area contributed by atoms with Crippen LogP contribution >= 0.6 is 0 Å². The molecule has 1 N–H and O–H groups in total. The van der Waals surface area contributed by atoms with Gasteiger partial charge in [0, 0.05) is 25.4 Å². The third kappa shape index (κ3) is 4.64. The first-order chi connectivity index (χ1) is 12.1. The maximum absolute atomic E-state index is 13.1. The van der Waals surface area contributed by atoms with Crippen LogP contribution in [-0.4, -0.2) is 4.57 Å². The lowest BCUT2D eigenvalue weighted by molar-refractivity contribution is 0.623. The first-order valence-electron chi connectivity index (χ1n) is 8.31. The van der Waals surface area contributed by atoms with Gasteiger partial charge in [-0.05, 0) is 47.4 Å². The van der Waals surface area contributed by atoms with E-state index in [1.165, 1.54) is 11.6 Å². The Bertz CT molecular complexity index is 900. The zero-order valence-corrected chi connectivity index (χ0v) is 14.2. The average molecular weight is 336 g/mol. The van der Waals surface area contributed by atoms with Crippen molar-refractivity contribution < 1.29 is 4.39 Å². The van der Waals surface area contributed by atoms with E-state index in [0.29, 0.717) is 13.1 Å². The Morgan fingerprint density at radius 3 is 2.44 bits per heavy atom. The summed E-state index contributed by atoms with van der Waals surface area (Å²) in [7, 11) is 0. The maximum Gasteiger partial charge on any atom is 0.250 e. The van der Waals surface area contributed by atoms with Crippen molar-refractivity contribution in [3.63, 3.8) is 0 Å². The second kappa shape index (κ2) is 7.90. The van der Waals surface area contributed by atoms with Crippen LogP contribution in [0.1, 0.15) is 22.3 Å². The number of halogens is 1. The van der Waals surface area contributed by atoms with Gasteiger partial charge in [0.15, 0.2) is 0 Å². The van der Waals surface area contributed by atoms with Gasteiger partial charge in [-0.15, -0.1) is 0 Å². The highest BCUT2D eigenvalue weighted by Gasteiger charge is 2.01. The van der Waals surface area contributed by atoms with E-state index in [2.05, 4.69) is 17.4 Å². The highest BCUT2D eigenvalue weighted by molar-refractivity contribution is 5.27. The smallest absolute Gasteiger partial charge is 0.250 e. The molecule has 0 aliphatic rings. The van der Waals surface area contributed by atoms with E-state index in [1.807, 2.05) is 31.2 Å². The molecular formula is C21H21FN2O. The third-order valence-electron chi connectivity index (χ3n) is 4.22. The van der Waals surface area contributed by atoms with Gasteiger partial charge < -0.3 is 9.88 Å². The zero-order valence-electron chi connectivity index (χ0n) is 14.2. The number of benzene rings is 2. The highest BCUT2D eigenvalue weighted by atomic mass is 19.1. The average Bonchev–Trinajstić information content (AvgIpc) is 2.60. The SMILES string of the molecule is Cc1cc(F)ccc1CNCc1ccc(Cn2ccccc2=O)cc1. The summed E-state index contributed by atoms with van der Waals surface area (Å²) in [6.07, 6.45) is 1.79. The van der Waals surface area contributed by atoms with Gasteiger partial charge in [0.25, 0.3) is 5.56 Å². The standard InChI is InChI=1S/C21H21FN2O/c1-16-12-20(22)10-9-19(16)14-23-13-17-5-7-18(8-6-17)15-24-11-3-2-4-21(24)25/h2-12,23H,13-15H2,1H3. The van der Waals surface area contributed by atoms with Crippen molar-refractivity contribution in [2.45, 2.75) is 26.6 Å². The number of hydrogen-bond acceptors (Lipinski definition) is 2. The van der Waals surface area contributed by atoms with Gasteiger partial charge >= 0.3 is 0 Å². The molecule has 0 bridgehead atoms. The molecule has 0 atom stereocenters. The first-order valence-corrected chi connectivity index (χ1v) is 8.31. The summed E-state index contributed by atoms with van der Waals surface area (Å²) in [6, 6.07) is 18.2. The molecule has 1 heterocycles. The van der Waals surface area contributed by atoms with Gasteiger partial charge in [-0.1, -0.05) is 36.4 Å². The lowest BCUT2D eigenvalue weighted by atomic mass is 10.1. The lowest BCUT2D eigenvalue weighted by Crippen LogP contribution is -2.18. The highest BCUT2D eigenvalue weighted by Crippen LogP contribution is 2.10. The van der Waals surface area contributed by atoms with Crippen molar-refractivity contribution in [3.8, 4) is 0 Å². The Morgan fingerprint density at radius 1 is 0.960 bits per heavy atom. The fraction of sp³-hybridized carbons (Fsp3) is 0.190. The minimum atomic E-state index is -0.200. The van der Waals surface area contributed by atoms with E-state index in [9.17, 15) is 9.18 Å². The van der Waals surface area contributed by atoms with Gasteiger partial charge in [-0.3, -0.25) is 4.79 Å². The minimum absolute atomic E-state index is 0.00270. The van der Waals surface area contributed by atoms with Gasteiger partial charge in [0.1, 0.15) is 5.82 Å². The molecular weight excluding hydrogens is 315 g/mol. The molecule has 4 heteroatoms. The summed E-state index contributed by atoms with van der Waals surface area (Å²) in [5.41, 5.74) is 4.32. The number of hydrogen-bond donors (Lipinski definition) is 1. The Labute approximate surface area is 146 Å². The van der Waals surface area contributed by atoms with Crippen LogP contribution in [-0.2, 0) is 19.6 Å². The summed E-state index contributed by atoms with van der Waals surface area (Å²) in [6.45, 7) is 3.93. The molecule has 3 rings (SSSR count). The number of aromatic nitrogens is 1. The molecule has 0 fully saturated rings. The number of nitrogens with one attached hydrogen (secondary N) is 1. The van der Waals surface area contributed by atoms with Gasteiger partial charge in [0.05, 0.1) is 6.54 Å². The minimum Gasteiger partial charge on any atom is -0.311 e. The van der Waals surface area contributed by atoms with Crippen molar-refractivity contribution in [2.24, 2.45) is 0 Å². The first kappa shape index (κ1) is 17.1. The number of rotatable bonds is 6. The molecule has 2 aromatic carbocycles. The molecule has 0 unspecified atom stereocenters. The molecule has 0 spiro atoms. The van der Waals surface area contributed by atoms with Gasteiger partial charge in [-0.25, -0.2) is 4.39 Å². The van der Waals surface area contributed by atoms with E-state index in [0.717, 1.165) is 23.2 Å². The quantitative estimate of drug-likeness (QED) is 0.746. The number of nitrogens with zero attached hydrogens (tertiary/aromatic N) is 1. The zero-order chi connectivity index (χ0) is 17.6. The Balaban J connectivity index is 1.56. The second-order valence-electron chi connectivity index (χ2n) is 6.16. The monoisotopic (exact) mass is 336 g/mol. The molecule has 1 aromatic heterocycles. The van der Waals surface area contributed by atoms with E-state index < -0.39 is 0 Å². The molecule has 3 nitrogen and oxygen atoms in total. The van der Waals surface area contributed by atoms with Crippen LogP contribution in [0.25, 0.3) is 0 Å². The van der Waals surface area contributed by atoms with Crippen molar-refractivity contribution in [3.05, 3.63) is 105 Å². The van der Waals surface area contributed by atoms with E-state index in [1.54, 1.807) is 29.0 Å². The largest absolute Gasteiger partial charge is 0.311 e. The van der Waals surface area contributed by atoms with E-state index >= 15 is 0 Å². The Morgan fingerprint density at radius 2 is 1.72 bits per heavy atom. The van der Waals surface area contributed by atoms with Crippen LogP contribution in [0.15, 0.2) is 71.7 Å². The van der Waals surface area contributed by atoms with Crippen LogP contribution in [0.3, 0.4) is 0 Å². The molecule has 128 valence electrons. The third-order valence-corrected chi connectivity index (χ3v) is 4.22. The number of aryl methyl sites for hydroxylation is 1. The fourth-order valence-corrected chi connectivity index (χ4v) is 2.75. The second-order valence-corrected chi connectivity index (χ2v) is 6.16. The summed E-state index contributed by atoms with van der Waals surface area (Å²) in [4.78, 5) is 11.7. The normalized spacial score (nSPS) is 10.8. The van der Waals surface area contributed by atoms with E-state index in [-0.39, 0.29) is 11.4 Å². The lowest BCUT2D eigenvalue weighted by Gasteiger charge is -2.09. The summed E-state index contributed by atoms with van der Waals surface area (Å²) in [5, 5.41) is 3.38. The van der Waals surface area contributed by atoms with Crippen molar-refractivity contribution >= 4 is 0 Å². The molecule has 0 aliphatic carbocycles. The predicted octanol–water partition coefficient (Wildman–Crippen LogP) is 3.63. The Kier molecular flexibility index (Phi) is 5.41. The molecule has 0 saturated heterocycles. The van der Waals surface area contributed by atoms with Crippen LogP contribution in [0.2, 0.25) is 0 Å². The van der Waals surface area contributed by atoms with Crippen molar-refractivity contribution in [1.82, 2.24) is 9.88 Å². The van der Waals surface area contributed by atoms with Crippen LogP contribution in [0.4, 0.5) is 4.39 Å². The molecule has 0 aliphatic heterocycles. The van der Waals surface area contributed by atoms with E-state index in [4.69, 9.17) is 0 Å². The van der Waals surface area contributed by atoms with Crippen LogP contribution in [0.5, 0.6) is 0 Å². The maximum atomic E-state index is 13.1. The molecule has 0 saturated carbocycles. The molecule has 0 amide bonds. The predicted molar refractivity (Wildman–Crippen MR) is 97.9 cm³/mol. The van der Waals surface area contributed by atoms with Crippen LogP contribution in [0, 0.1) is 12.7 Å². The van der Waals surface area contributed by atoms with Crippen molar-refractivity contribution in [2.75, 3.05) is 0 Å². The van der Waals surface area contributed by atoms with Crippen LogP contribution < -0.4 is 10.9 Å². The Hall–Kier alpha value is -2.72. The molecule has 3 aromatic rings. The van der Waals surface area contributed by atoms with Gasteiger partial charge in [0.2, 0.25) is 0 Å². The molecule has 25 heavy (non-hydrogen) atoms. The topological polar surface area (TPSA) is 34.0 Å². The summed E-state index contributed by atoms with van der Waals surface area (Å²) >= 11 is 0. The van der Waals surface area contributed by atoms with Gasteiger partial charge in [-0.2, -0.15) is 0 Å².